The normalized spacial score (nSPS) is 18.5. The Balaban J connectivity index is 2.10. The average Bonchev–Trinajstić information content (AvgIpc) is 2.77. The quantitative estimate of drug-likeness (QED) is 0.869. The summed E-state index contributed by atoms with van der Waals surface area (Å²) in [6, 6.07) is 5.10. The Bertz CT molecular complexity index is 357. The van der Waals surface area contributed by atoms with Crippen molar-refractivity contribution >= 4 is 11.6 Å². The van der Waals surface area contributed by atoms with Gasteiger partial charge in [0.25, 0.3) is 0 Å². The molecule has 1 unspecified atom stereocenters. The zero-order valence-electron chi connectivity index (χ0n) is 9.76. The Morgan fingerprint density at radius 3 is 2.65 bits per heavy atom. The Labute approximate surface area is 106 Å². The third kappa shape index (κ3) is 3.41. The van der Waals surface area contributed by atoms with E-state index < -0.39 is 0 Å². The Morgan fingerprint density at radius 1 is 1.35 bits per heavy atom. The molecule has 0 spiro atoms. The van der Waals surface area contributed by atoms with E-state index in [1.165, 1.54) is 37.8 Å². The number of rotatable bonds is 4. The lowest BCUT2D eigenvalue weighted by atomic mass is 10.1. The molecule has 2 nitrogen and oxygen atoms in total. The largest absolute Gasteiger partial charge is 0.329 e. The molecule has 2 rings (SSSR count). The molecule has 0 aliphatic heterocycles. The molecule has 0 radical (unpaired) electrons. The molecule has 1 fully saturated rings. The van der Waals surface area contributed by atoms with Crippen molar-refractivity contribution in [2.24, 2.45) is 5.73 Å². The van der Waals surface area contributed by atoms with Crippen LogP contribution in [0.2, 0.25) is 5.02 Å². The fourth-order valence-corrected chi connectivity index (χ4v) is 2.68. The summed E-state index contributed by atoms with van der Waals surface area (Å²) in [6.45, 7) is 0.455. The highest BCUT2D eigenvalue weighted by Crippen LogP contribution is 2.24. The molecular weight excluding hydrogens is 239 g/mol. The molecule has 3 N–H and O–H groups in total. The van der Waals surface area contributed by atoms with Crippen LogP contribution < -0.4 is 11.1 Å². The molecular formula is C13H18ClFN2. The first-order valence-corrected chi connectivity index (χ1v) is 6.49. The topological polar surface area (TPSA) is 38.0 Å². The molecule has 94 valence electrons. The van der Waals surface area contributed by atoms with Crippen molar-refractivity contribution in [2.45, 2.75) is 37.8 Å². The minimum absolute atomic E-state index is 0.00806. The highest BCUT2D eigenvalue weighted by atomic mass is 35.5. The summed E-state index contributed by atoms with van der Waals surface area (Å²) in [5, 5.41) is 3.91. The van der Waals surface area contributed by atoms with E-state index in [1.807, 2.05) is 0 Å². The molecule has 17 heavy (non-hydrogen) atoms. The van der Waals surface area contributed by atoms with Crippen molar-refractivity contribution in [3.05, 3.63) is 34.6 Å². The molecule has 0 amide bonds. The number of hydrogen-bond acceptors (Lipinski definition) is 2. The van der Waals surface area contributed by atoms with Gasteiger partial charge in [-0.15, -0.1) is 0 Å². The summed E-state index contributed by atoms with van der Waals surface area (Å²) < 4.78 is 13.3. The van der Waals surface area contributed by atoms with E-state index in [1.54, 1.807) is 6.07 Å². The molecule has 0 bridgehead atoms. The van der Waals surface area contributed by atoms with E-state index >= 15 is 0 Å². The molecule has 1 aromatic carbocycles. The zero-order chi connectivity index (χ0) is 12.3. The minimum Gasteiger partial charge on any atom is -0.329 e. The summed E-state index contributed by atoms with van der Waals surface area (Å²) in [4.78, 5) is 0. The second kappa shape index (κ2) is 5.80. The maximum Gasteiger partial charge on any atom is 0.125 e. The molecule has 0 aromatic heterocycles. The first-order valence-electron chi connectivity index (χ1n) is 6.11. The number of nitrogens with two attached hydrogens (primary N) is 1. The second-order valence-corrected chi connectivity index (χ2v) is 5.08. The standard InChI is InChI=1S/C13H18ClFN2/c14-10-5-9(6-11(15)7-10)13(8-16)17-12-3-1-2-4-12/h5-7,12-13,17H,1-4,8,16H2. The summed E-state index contributed by atoms with van der Waals surface area (Å²) >= 11 is 5.86. The highest BCUT2D eigenvalue weighted by Gasteiger charge is 2.19. The molecule has 1 aromatic rings. The van der Waals surface area contributed by atoms with Gasteiger partial charge in [-0.2, -0.15) is 0 Å². The van der Waals surface area contributed by atoms with Gasteiger partial charge in [0.2, 0.25) is 0 Å². The van der Waals surface area contributed by atoms with Gasteiger partial charge in [-0.1, -0.05) is 24.4 Å². The van der Waals surface area contributed by atoms with Crippen molar-refractivity contribution in [2.75, 3.05) is 6.54 Å². The summed E-state index contributed by atoms with van der Waals surface area (Å²) in [5.74, 6) is -0.306. The van der Waals surface area contributed by atoms with E-state index in [-0.39, 0.29) is 11.9 Å². The van der Waals surface area contributed by atoms with Gasteiger partial charge in [0.1, 0.15) is 5.82 Å². The maximum absolute atomic E-state index is 13.3. The van der Waals surface area contributed by atoms with Gasteiger partial charge in [-0.25, -0.2) is 4.39 Å². The van der Waals surface area contributed by atoms with Crippen LogP contribution in [0.5, 0.6) is 0 Å². The van der Waals surface area contributed by atoms with Gasteiger partial charge in [-0.05, 0) is 36.6 Å². The Morgan fingerprint density at radius 2 is 2.06 bits per heavy atom. The molecule has 1 saturated carbocycles. The fraction of sp³-hybridized carbons (Fsp3) is 0.538. The van der Waals surface area contributed by atoms with E-state index in [2.05, 4.69) is 5.32 Å². The average molecular weight is 257 g/mol. The second-order valence-electron chi connectivity index (χ2n) is 4.64. The maximum atomic E-state index is 13.3. The summed E-state index contributed by atoms with van der Waals surface area (Å²) in [5.41, 5.74) is 6.59. The van der Waals surface area contributed by atoms with E-state index in [4.69, 9.17) is 17.3 Å². The molecule has 1 aliphatic carbocycles. The first kappa shape index (κ1) is 12.8. The van der Waals surface area contributed by atoms with E-state index in [0.29, 0.717) is 17.6 Å². The van der Waals surface area contributed by atoms with Gasteiger partial charge < -0.3 is 11.1 Å². The van der Waals surface area contributed by atoms with Crippen molar-refractivity contribution in [3.8, 4) is 0 Å². The predicted octanol–water partition coefficient (Wildman–Crippen LogP) is 3.01. The summed E-state index contributed by atoms with van der Waals surface area (Å²) in [6.07, 6.45) is 4.89. The molecule has 1 aliphatic rings. The van der Waals surface area contributed by atoms with Crippen LogP contribution in [0.1, 0.15) is 37.3 Å². The number of nitrogens with one attached hydrogen (secondary N) is 1. The van der Waals surface area contributed by atoms with Crippen molar-refractivity contribution in [1.82, 2.24) is 5.32 Å². The van der Waals surface area contributed by atoms with Crippen LogP contribution >= 0.6 is 11.6 Å². The Kier molecular flexibility index (Phi) is 4.37. The van der Waals surface area contributed by atoms with Crippen LogP contribution in [0.3, 0.4) is 0 Å². The fourth-order valence-electron chi connectivity index (χ4n) is 2.45. The lowest BCUT2D eigenvalue weighted by Gasteiger charge is -2.22. The van der Waals surface area contributed by atoms with Crippen molar-refractivity contribution in [3.63, 3.8) is 0 Å². The van der Waals surface area contributed by atoms with Crippen molar-refractivity contribution in [1.29, 1.82) is 0 Å². The smallest absolute Gasteiger partial charge is 0.125 e. The van der Waals surface area contributed by atoms with Gasteiger partial charge in [-0.3, -0.25) is 0 Å². The van der Waals surface area contributed by atoms with Crippen LogP contribution in [-0.4, -0.2) is 12.6 Å². The molecule has 0 heterocycles. The monoisotopic (exact) mass is 256 g/mol. The number of hydrogen-bond donors (Lipinski definition) is 2. The van der Waals surface area contributed by atoms with Crippen LogP contribution in [0.15, 0.2) is 18.2 Å². The molecule has 4 heteroatoms. The number of halogens is 2. The molecule has 1 atom stereocenters. The third-order valence-electron chi connectivity index (χ3n) is 3.32. The first-order chi connectivity index (χ1) is 8.19. The lowest BCUT2D eigenvalue weighted by Crippen LogP contribution is -2.35. The SMILES string of the molecule is NCC(NC1CCCC1)c1cc(F)cc(Cl)c1. The van der Waals surface area contributed by atoms with E-state index in [9.17, 15) is 4.39 Å². The predicted molar refractivity (Wildman–Crippen MR) is 68.6 cm³/mol. The summed E-state index contributed by atoms with van der Waals surface area (Å²) in [7, 11) is 0. The Hall–Kier alpha value is -0.640. The highest BCUT2D eigenvalue weighted by molar-refractivity contribution is 6.30. The number of benzene rings is 1. The lowest BCUT2D eigenvalue weighted by molar-refractivity contribution is 0.443. The van der Waals surface area contributed by atoms with Gasteiger partial charge in [0.15, 0.2) is 0 Å². The van der Waals surface area contributed by atoms with Gasteiger partial charge >= 0.3 is 0 Å². The zero-order valence-corrected chi connectivity index (χ0v) is 10.5. The van der Waals surface area contributed by atoms with Crippen LogP contribution in [0.25, 0.3) is 0 Å². The van der Waals surface area contributed by atoms with Crippen molar-refractivity contribution < 1.29 is 4.39 Å². The van der Waals surface area contributed by atoms with Crippen LogP contribution in [0.4, 0.5) is 4.39 Å². The third-order valence-corrected chi connectivity index (χ3v) is 3.53. The molecule has 0 saturated heterocycles. The van der Waals surface area contributed by atoms with Gasteiger partial charge in [0.05, 0.1) is 0 Å². The van der Waals surface area contributed by atoms with Crippen LogP contribution in [0, 0.1) is 5.82 Å². The minimum atomic E-state index is -0.306. The van der Waals surface area contributed by atoms with Crippen LogP contribution in [-0.2, 0) is 0 Å². The van der Waals surface area contributed by atoms with Gasteiger partial charge in [0, 0.05) is 23.7 Å². The van der Waals surface area contributed by atoms with E-state index in [0.717, 1.165) is 5.56 Å².